The van der Waals surface area contributed by atoms with Gasteiger partial charge in [0.2, 0.25) is 5.91 Å². The van der Waals surface area contributed by atoms with Crippen LogP contribution in [0, 0.1) is 6.92 Å². The molecule has 5 nitrogen and oxygen atoms in total. The van der Waals surface area contributed by atoms with E-state index >= 15 is 0 Å². The minimum Gasteiger partial charge on any atom is -0.480 e. The Morgan fingerprint density at radius 1 is 1.35 bits per heavy atom. The molecule has 0 aromatic heterocycles. The highest BCUT2D eigenvalue weighted by atomic mass is 16.4. The molecule has 0 atom stereocenters. The Morgan fingerprint density at radius 3 is 2.59 bits per heavy atom. The molecule has 1 rings (SSSR count). The number of aryl methyl sites for hydroxylation is 1. The fourth-order valence-corrected chi connectivity index (χ4v) is 1.65. The van der Waals surface area contributed by atoms with Gasteiger partial charge in [-0.25, -0.2) is 0 Å². The van der Waals surface area contributed by atoms with Gasteiger partial charge >= 0.3 is 5.97 Å². The van der Waals surface area contributed by atoms with Gasteiger partial charge in [0.15, 0.2) is 0 Å². The van der Waals surface area contributed by atoms with Gasteiger partial charge in [-0.1, -0.05) is 29.8 Å². The molecule has 0 aliphatic carbocycles. The maximum Gasteiger partial charge on any atom is 0.317 e. The monoisotopic (exact) mass is 236 g/mol. The average molecular weight is 236 g/mol. The first-order chi connectivity index (χ1) is 7.97. The molecule has 0 aliphatic heterocycles. The van der Waals surface area contributed by atoms with Gasteiger partial charge in [-0.15, -0.1) is 0 Å². The van der Waals surface area contributed by atoms with Crippen LogP contribution in [-0.2, 0) is 16.1 Å². The van der Waals surface area contributed by atoms with Gasteiger partial charge in [-0.05, 0) is 12.5 Å². The number of nitrogens with zero attached hydrogens (tertiary/aromatic N) is 1. The van der Waals surface area contributed by atoms with E-state index in [1.807, 2.05) is 31.2 Å². The molecule has 0 radical (unpaired) electrons. The molecule has 0 spiro atoms. The summed E-state index contributed by atoms with van der Waals surface area (Å²) in [7, 11) is 0. The number of aliphatic carboxylic acids is 1. The third-order valence-corrected chi connectivity index (χ3v) is 2.23. The molecule has 0 aliphatic rings. The summed E-state index contributed by atoms with van der Waals surface area (Å²) < 4.78 is 0. The molecule has 0 fully saturated rings. The van der Waals surface area contributed by atoms with Crippen molar-refractivity contribution in [2.45, 2.75) is 13.5 Å². The third kappa shape index (κ3) is 5.12. The van der Waals surface area contributed by atoms with Crippen molar-refractivity contribution in [1.82, 2.24) is 4.90 Å². The first-order valence-corrected chi connectivity index (χ1v) is 5.25. The number of amides is 1. The fourth-order valence-electron chi connectivity index (χ4n) is 1.65. The molecule has 17 heavy (non-hydrogen) atoms. The fraction of sp³-hybridized carbons (Fsp3) is 0.333. The first-order valence-electron chi connectivity index (χ1n) is 5.25. The van der Waals surface area contributed by atoms with Crippen LogP contribution in [0.2, 0.25) is 0 Å². The molecule has 0 bridgehead atoms. The lowest BCUT2D eigenvalue weighted by Crippen LogP contribution is -2.36. The molecule has 0 heterocycles. The summed E-state index contributed by atoms with van der Waals surface area (Å²) in [6.07, 6.45) is 0. The largest absolute Gasteiger partial charge is 0.480 e. The lowest BCUT2D eigenvalue weighted by Gasteiger charge is -2.18. The van der Waals surface area contributed by atoms with Crippen molar-refractivity contribution in [1.29, 1.82) is 0 Å². The molecule has 3 N–H and O–H groups in total. The van der Waals surface area contributed by atoms with Crippen molar-refractivity contribution in [2.75, 3.05) is 13.1 Å². The molecule has 0 saturated carbocycles. The van der Waals surface area contributed by atoms with Crippen molar-refractivity contribution < 1.29 is 14.7 Å². The van der Waals surface area contributed by atoms with E-state index in [0.29, 0.717) is 6.54 Å². The van der Waals surface area contributed by atoms with E-state index in [0.717, 1.165) is 11.1 Å². The molecule has 0 unspecified atom stereocenters. The molecular weight excluding hydrogens is 220 g/mol. The molecule has 5 heteroatoms. The number of carboxylic acids is 1. The highest BCUT2D eigenvalue weighted by Crippen LogP contribution is 2.07. The Bertz CT molecular complexity index is 402. The Hall–Kier alpha value is -1.88. The Balaban J connectivity index is 2.71. The topological polar surface area (TPSA) is 83.6 Å². The minimum absolute atomic E-state index is 0.0553. The second-order valence-corrected chi connectivity index (χ2v) is 3.99. The van der Waals surface area contributed by atoms with Crippen LogP contribution in [0.25, 0.3) is 0 Å². The Morgan fingerprint density at radius 2 is 2.06 bits per heavy atom. The van der Waals surface area contributed by atoms with Crippen molar-refractivity contribution >= 4 is 11.9 Å². The number of carbonyl (C=O) groups excluding carboxylic acids is 1. The quantitative estimate of drug-likeness (QED) is 0.747. The summed E-state index contributed by atoms with van der Waals surface area (Å²) in [6.45, 7) is 2.10. The third-order valence-electron chi connectivity index (χ3n) is 2.23. The summed E-state index contributed by atoms with van der Waals surface area (Å²) in [5, 5.41) is 8.74. The van der Waals surface area contributed by atoms with Crippen LogP contribution in [-0.4, -0.2) is 35.0 Å². The molecule has 0 saturated heterocycles. The maximum absolute atomic E-state index is 10.8. The highest BCUT2D eigenvalue weighted by Gasteiger charge is 2.12. The number of hydrogen-bond acceptors (Lipinski definition) is 3. The number of carbonyl (C=O) groups is 2. The molecular formula is C12H16N2O3. The van der Waals surface area contributed by atoms with Gasteiger partial charge in [-0.2, -0.15) is 0 Å². The number of nitrogens with two attached hydrogens (primary N) is 1. The summed E-state index contributed by atoms with van der Waals surface area (Å²) in [6, 6.07) is 7.70. The van der Waals surface area contributed by atoms with Gasteiger partial charge in [0, 0.05) is 6.54 Å². The van der Waals surface area contributed by atoms with Gasteiger partial charge in [0.25, 0.3) is 0 Å². The standard InChI is InChI=1S/C12H16N2O3/c1-9-3-2-4-10(5-9)6-14(7-11(13)15)8-12(16)17/h2-5H,6-8H2,1H3,(H2,13,15)(H,16,17). The lowest BCUT2D eigenvalue weighted by molar-refractivity contribution is -0.138. The number of carboxylic acid groups (broad SMARTS) is 1. The lowest BCUT2D eigenvalue weighted by atomic mass is 10.1. The van der Waals surface area contributed by atoms with E-state index in [2.05, 4.69) is 0 Å². The Kier molecular flexibility index (Phi) is 4.66. The van der Waals surface area contributed by atoms with E-state index in [1.54, 1.807) is 0 Å². The Labute approximate surface area is 99.8 Å². The number of primary amides is 1. The molecule has 92 valence electrons. The van der Waals surface area contributed by atoms with Crippen LogP contribution >= 0.6 is 0 Å². The van der Waals surface area contributed by atoms with Gasteiger partial charge < -0.3 is 10.8 Å². The predicted molar refractivity (Wildman–Crippen MR) is 63.3 cm³/mol. The minimum atomic E-state index is -0.973. The smallest absolute Gasteiger partial charge is 0.317 e. The van der Waals surface area contributed by atoms with E-state index in [1.165, 1.54) is 4.90 Å². The predicted octanol–water partition coefficient (Wildman–Crippen LogP) is 0.367. The first kappa shape index (κ1) is 13.2. The van der Waals surface area contributed by atoms with E-state index in [-0.39, 0.29) is 13.1 Å². The molecule has 1 aromatic rings. The van der Waals surface area contributed by atoms with Crippen LogP contribution in [0.5, 0.6) is 0 Å². The van der Waals surface area contributed by atoms with Gasteiger partial charge in [-0.3, -0.25) is 14.5 Å². The van der Waals surface area contributed by atoms with E-state index in [4.69, 9.17) is 10.8 Å². The normalized spacial score (nSPS) is 10.5. The summed E-state index contributed by atoms with van der Waals surface area (Å²) in [5.41, 5.74) is 7.14. The van der Waals surface area contributed by atoms with Gasteiger partial charge in [0.1, 0.15) is 0 Å². The number of hydrogen-bond donors (Lipinski definition) is 2. The van der Waals surface area contributed by atoms with Gasteiger partial charge in [0.05, 0.1) is 13.1 Å². The summed E-state index contributed by atoms with van der Waals surface area (Å²) in [4.78, 5) is 23.0. The zero-order valence-corrected chi connectivity index (χ0v) is 9.72. The second-order valence-electron chi connectivity index (χ2n) is 3.99. The SMILES string of the molecule is Cc1cccc(CN(CC(N)=O)CC(=O)O)c1. The zero-order valence-electron chi connectivity index (χ0n) is 9.72. The number of benzene rings is 1. The summed E-state index contributed by atoms with van der Waals surface area (Å²) >= 11 is 0. The van der Waals surface area contributed by atoms with Crippen LogP contribution < -0.4 is 5.73 Å². The zero-order chi connectivity index (χ0) is 12.8. The maximum atomic E-state index is 10.8. The van der Waals surface area contributed by atoms with Crippen molar-refractivity contribution in [3.8, 4) is 0 Å². The number of rotatable bonds is 6. The van der Waals surface area contributed by atoms with Crippen LogP contribution in [0.4, 0.5) is 0 Å². The van der Waals surface area contributed by atoms with Crippen LogP contribution in [0.15, 0.2) is 24.3 Å². The van der Waals surface area contributed by atoms with Crippen molar-refractivity contribution in [2.24, 2.45) is 5.73 Å². The van der Waals surface area contributed by atoms with Crippen LogP contribution in [0.3, 0.4) is 0 Å². The van der Waals surface area contributed by atoms with E-state index in [9.17, 15) is 9.59 Å². The highest BCUT2D eigenvalue weighted by molar-refractivity contribution is 5.77. The average Bonchev–Trinajstić information content (AvgIpc) is 2.14. The molecule has 1 aromatic carbocycles. The molecule has 1 amide bonds. The van der Waals surface area contributed by atoms with Crippen LogP contribution in [0.1, 0.15) is 11.1 Å². The van der Waals surface area contributed by atoms with E-state index < -0.39 is 11.9 Å². The summed E-state index contributed by atoms with van der Waals surface area (Å²) in [5.74, 6) is -1.50. The second kappa shape index (κ2) is 6.00. The van der Waals surface area contributed by atoms with Crippen molar-refractivity contribution in [3.63, 3.8) is 0 Å². The van der Waals surface area contributed by atoms with Crippen molar-refractivity contribution in [3.05, 3.63) is 35.4 Å².